The van der Waals surface area contributed by atoms with Crippen molar-refractivity contribution in [2.45, 2.75) is 79.7 Å². The molecular weight excluding hydrogens is 532 g/mol. The first-order chi connectivity index (χ1) is 18.7. The van der Waals surface area contributed by atoms with Crippen LogP contribution in [0.25, 0.3) is 6.08 Å². The van der Waals surface area contributed by atoms with Gasteiger partial charge in [0.15, 0.2) is 0 Å². The molecule has 3 heterocycles. The number of nitriles is 1. The van der Waals surface area contributed by atoms with Gasteiger partial charge in [0.2, 0.25) is 0 Å². The van der Waals surface area contributed by atoms with Crippen molar-refractivity contribution in [2.75, 3.05) is 31.1 Å². The average molecular weight is 573 g/mol. The van der Waals surface area contributed by atoms with Gasteiger partial charge < -0.3 is 9.64 Å². The number of aromatic nitrogens is 1. The molecule has 0 aliphatic carbocycles. The van der Waals surface area contributed by atoms with E-state index in [-0.39, 0.29) is 28.9 Å². The number of carbonyl (C=O) groups is 2. The minimum Gasteiger partial charge on any atom is -0.466 e. The number of hydrogen-bond donors (Lipinski definition) is 0. The Kier molecular flexibility index (Phi) is 11.2. The van der Waals surface area contributed by atoms with Crippen LogP contribution in [0.1, 0.15) is 82.9 Å². The maximum Gasteiger partial charge on any atom is 0.310 e. The summed E-state index contributed by atoms with van der Waals surface area (Å²) in [4.78, 5) is 43.7. The molecule has 0 aromatic carbocycles. The predicted molar refractivity (Wildman–Crippen MR) is 161 cm³/mol. The van der Waals surface area contributed by atoms with Crippen molar-refractivity contribution in [1.29, 1.82) is 5.26 Å². The van der Waals surface area contributed by atoms with Crippen LogP contribution in [0.15, 0.2) is 9.70 Å². The second-order valence-electron chi connectivity index (χ2n) is 10.1. The number of unbranched alkanes of at least 4 members (excludes halogenated alkanes) is 1. The molecule has 0 spiro atoms. The first kappa shape index (κ1) is 30.9. The van der Waals surface area contributed by atoms with Gasteiger partial charge in [-0.05, 0) is 57.6 Å². The fraction of sp³-hybridized carbons (Fsp3) is 0.621. The highest BCUT2D eigenvalue weighted by Crippen LogP contribution is 2.37. The van der Waals surface area contributed by atoms with Crippen molar-refractivity contribution in [3.05, 3.63) is 31.9 Å². The van der Waals surface area contributed by atoms with E-state index in [1.807, 2.05) is 11.8 Å². The van der Waals surface area contributed by atoms with Crippen molar-refractivity contribution < 1.29 is 14.3 Å². The third kappa shape index (κ3) is 6.75. The van der Waals surface area contributed by atoms with E-state index in [4.69, 9.17) is 17.0 Å². The molecule has 1 aromatic rings. The van der Waals surface area contributed by atoms with Gasteiger partial charge >= 0.3 is 5.97 Å². The van der Waals surface area contributed by atoms with Crippen LogP contribution in [-0.4, -0.2) is 51.9 Å². The molecule has 2 aliphatic rings. The van der Waals surface area contributed by atoms with Crippen LogP contribution >= 0.6 is 24.0 Å². The molecule has 2 aliphatic heterocycles. The molecule has 0 bridgehead atoms. The predicted octanol–water partition coefficient (Wildman–Crippen LogP) is 5.25. The Labute approximate surface area is 241 Å². The first-order valence-corrected chi connectivity index (χ1v) is 15.3. The second-order valence-corrected chi connectivity index (χ2v) is 11.8. The van der Waals surface area contributed by atoms with E-state index in [1.54, 1.807) is 29.4 Å². The average Bonchev–Trinajstić information content (AvgIpc) is 3.19. The number of hydrogen-bond acceptors (Lipinski definition) is 8. The van der Waals surface area contributed by atoms with E-state index in [0.29, 0.717) is 71.3 Å². The summed E-state index contributed by atoms with van der Waals surface area (Å²) in [5.41, 5.74) is 0.875. The molecule has 212 valence electrons. The number of carbonyl (C=O) groups excluding carboxylic acids is 2. The van der Waals surface area contributed by atoms with Gasteiger partial charge in [-0.15, -0.1) is 0 Å². The summed E-state index contributed by atoms with van der Waals surface area (Å²) in [6, 6.07) is 2.08. The molecule has 10 heteroatoms. The van der Waals surface area contributed by atoms with Gasteiger partial charge in [0, 0.05) is 31.7 Å². The van der Waals surface area contributed by atoms with Gasteiger partial charge in [0.1, 0.15) is 21.8 Å². The standard InChI is InChI=1S/C29H40N4O4S2/c1-6-10-12-20(7-2)17-33-27(35)24(39-29(33)38)15-22-19(5)23(16-30)26(34)32(8-3)25(22)31-14-11-13-21(18-31)28(36)37-9-4/h15,20-21H,6-14,17-18H2,1-5H3. The maximum atomic E-state index is 13.6. The van der Waals surface area contributed by atoms with Crippen LogP contribution in [0.5, 0.6) is 0 Å². The van der Waals surface area contributed by atoms with Crippen molar-refractivity contribution in [3.63, 3.8) is 0 Å². The normalized spacial score (nSPS) is 19.5. The van der Waals surface area contributed by atoms with Gasteiger partial charge in [0.25, 0.3) is 11.5 Å². The number of piperidine rings is 1. The Hall–Kier alpha value is -2.64. The fourth-order valence-electron chi connectivity index (χ4n) is 5.36. The van der Waals surface area contributed by atoms with Crippen molar-refractivity contribution in [3.8, 4) is 6.07 Å². The lowest BCUT2D eigenvalue weighted by molar-refractivity contribution is -0.148. The second kappa shape index (κ2) is 14.1. The molecule has 2 atom stereocenters. The summed E-state index contributed by atoms with van der Waals surface area (Å²) < 4.78 is 7.41. The molecule has 8 nitrogen and oxygen atoms in total. The number of nitrogens with zero attached hydrogens (tertiary/aromatic N) is 4. The minimum absolute atomic E-state index is 0.0619. The Morgan fingerprint density at radius 3 is 2.64 bits per heavy atom. The van der Waals surface area contributed by atoms with Crippen molar-refractivity contribution >= 4 is 52.1 Å². The highest BCUT2D eigenvalue weighted by atomic mass is 32.2. The van der Waals surface area contributed by atoms with Crippen molar-refractivity contribution in [2.24, 2.45) is 11.8 Å². The van der Waals surface area contributed by atoms with Gasteiger partial charge in [-0.3, -0.25) is 23.9 Å². The number of thioether (sulfide) groups is 1. The summed E-state index contributed by atoms with van der Waals surface area (Å²) in [6.45, 7) is 12.0. The van der Waals surface area contributed by atoms with Gasteiger partial charge in [-0.2, -0.15) is 5.26 Å². The number of thiocarbonyl (C=S) groups is 1. The third-order valence-corrected chi connectivity index (χ3v) is 9.01. The Morgan fingerprint density at radius 2 is 2.03 bits per heavy atom. The maximum absolute atomic E-state index is 13.6. The van der Waals surface area contributed by atoms with Crippen LogP contribution in [0.2, 0.25) is 0 Å². The van der Waals surface area contributed by atoms with Crippen LogP contribution in [0.3, 0.4) is 0 Å². The molecule has 3 rings (SSSR count). The lowest BCUT2D eigenvalue weighted by Gasteiger charge is -2.36. The highest BCUT2D eigenvalue weighted by molar-refractivity contribution is 8.26. The minimum atomic E-state index is -0.364. The largest absolute Gasteiger partial charge is 0.466 e. The Bertz CT molecular complexity index is 1230. The third-order valence-electron chi connectivity index (χ3n) is 7.64. The number of ether oxygens (including phenoxy) is 1. The smallest absolute Gasteiger partial charge is 0.310 e. The molecule has 0 saturated carbocycles. The zero-order valence-corrected chi connectivity index (χ0v) is 25.4. The zero-order valence-electron chi connectivity index (χ0n) is 23.7. The number of amides is 1. The Morgan fingerprint density at radius 1 is 1.28 bits per heavy atom. The summed E-state index contributed by atoms with van der Waals surface area (Å²) in [7, 11) is 0. The molecule has 0 radical (unpaired) electrons. The monoisotopic (exact) mass is 572 g/mol. The van der Waals surface area contributed by atoms with E-state index >= 15 is 0 Å². The summed E-state index contributed by atoms with van der Waals surface area (Å²) >= 11 is 6.89. The van der Waals surface area contributed by atoms with Crippen LogP contribution in [0.4, 0.5) is 5.82 Å². The van der Waals surface area contributed by atoms with E-state index in [9.17, 15) is 19.6 Å². The first-order valence-electron chi connectivity index (χ1n) is 14.1. The lowest BCUT2D eigenvalue weighted by Crippen LogP contribution is -2.43. The van der Waals surface area contributed by atoms with Gasteiger partial charge in [-0.1, -0.05) is 57.1 Å². The van der Waals surface area contributed by atoms with Crippen molar-refractivity contribution in [1.82, 2.24) is 9.47 Å². The van der Waals surface area contributed by atoms with Crippen LogP contribution < -0.4 is 10.5 Å². The van der Waals surface area contributed by atoms with Gasteiger partial charge in [0.05, 0.1) is 17.4 Å². The van der Waals surface area contributed by atoms with E-state index in [2.05, 4.69) is 19.9 Å². The van der Waals surface area contributed by atoms with E-state index < -0.39 is 0 Å². The molecule has 39 heavy (non-hydrogen) atoms. The summed E-state index contributed by atoms with van der Waals surface area (Å²) in [5.74, 6) is 0.322. The molecule has 2 unspecified atom stereocenters. The molecule has 1 aromatic heterocycles. The highest BCUT2D eigenvalue weighted by Gasteiger charge is 2.35. The number of esters is 1. The number of anilines is 1. The summed E-state index contributed by atoms with van der Waals surface area (Å²) in [6.07, 6.45) is 7.52. The molecule has 1 amide bonds. The number of rotatable bonds is 11. The molecule has 2 fully saturated rings. The fourth-order valence-corrected chi connectivity index (χ4v) is 6.62. The molecule has 2 saturated heterocycles. The van der Waals surface area contributed by atoms with Gasteiger partial charge in [-0.25, -0.2) is 0 Å². The summed E-state index contributed by atoms with van der Waals surface area (Å²) in [5, 5.41) is 9.85. The Balaban J connectivity index is 2.08. The van der Waals surface area contributed by atoms with E-state index in [1.165, 1.54) is 11.8 Å². The zero-order chi connectivity index (χ0) is 28.7. The lowest BCUT2D eigenvalue weighted by atomic mass is 9.96. The topological polar surface area (TPSA) is 95.6 Å². The SMILES string of the molecule is CCCCC(CC)CN1C(=O)C(=Cc2c(C)c(C#N)c(=O)n(CC)c2N2CCCC(C(=O)OCC)C2)SC1=S. The van der Waals surface area contributed by atoms with E-state index in [0.717, 1.165) is 32.1 Å². The molecule has 0 N–H and O–H groups in total. The quantitative estimate of drug-likeness (QED) is 0.202. The number of pyridine rings is 1. The molecular formula is C29H40N4O4S2. The van der Waals surface area contributed by atoms with Crippen LogP contribution in [-0.2, 0) is 20.9 Å². The van der Waals surface area contributed by atoms with Crippen LogP contribution in [0, 0.1) is 30.1 Å².